The first-order valence-electron chi connectivity index (χ1n) is 11.3. The smallest absolute Gasteiger partial charge is 0.295 e. The summed E-state index contributed by atoms with van der Waals surface area (Å²) in [6.45, 7) is 10.6. The Kier molecular flexibility index (Phi) is 7.53. The molecule has 1 aliphatic heterocycles. The lowest BCUT2D eigenvalue weighted by Gasteiger charge is -2.27. The van der Waals surface area contributed by atoms with Crippen molar-refractivity contribution in [1.82, 2.24) is 9.80 Å². The minimum absolute atomic E-state index is 0.0892. The van der Waals surface area contributed by atoms with Crippen LogP contribution >= 0.6 is 0 Å². The lowest BCUT2D eigenvalue weighted by molar-refractivity contribution is -0.140. The topological polar surface area (TPSA) is 81.1 Å². The van der Waals surface area contributed by atoms with E-state index in [9.17, 15) is 24.2 Å². The van der Waals surface area contributed by atoms with Crippen LogP contribution in [-0.2, 0) is 9.59 Å². The number of aliphatic hydroxyl groups excluding tert-OH is 1. The third-order valence-electron chi connectivity index (χ3n) is 6.36. The number of hydrogen-bond acceptors (Lipinski definition) is 5. The second kappa shape index (κ2) is 10.2. The minimum atomic E-state index is -0.872. The molecule has 0 aliphatic carbocycles. The number of carbonyl (C=O) groups is 2. The van der Waals surface area contributed by atoms with Crippen molar-refractivity contribution >= 4 is 17.4 Å². The fourth-order valence-electron chi connectivity index (χ4n) is 4.24. The first-order valence-corrected chi connectivity index (χ1v) is 11.3. The van der Waals surface area contributed by atoms with E-state index in [1.165, 1.54) is 35.2 Å². The van der Waals surface area contributed by atoms with Crippen LogP contribution in [0.2, 0.25) is 0 Å². The molecule has 1 fully saturated rings. The van der Waals surface area contributed by atoms with Crippen LogP contribution in [0.15, 0.2) is 42.0 Å². The van der Waals surface area contributed by atoms with Gasteiger partial charge >= 0.3 is 0 Å². The molecule has 33 heavy (non-hydrogen) atoms. The van der Waals surface area contributed by atoms with Gasteiger partial charge in [0.2, 0.25) is 0 Å². The molecule has 2 aromatic carbocycles. The van der Waals surface area contributed by atoms with E-state index in [-0.39, 0.29) is 16.9 Å². The van der Waals surface area contributed by atoms with Crippen molar-refractivity contribution in [3.05, 3.63) is 70.0 Å². The summed E-state index contributed by atoms with van der Waals surface area (Å²) < 4.78 is 13.6. The van der Waals surface area contributed by atoms with Gasteiger partial charge in [0.15, 0.2) is 0 Å². The van der Waals surface area contributed by atoms with Crippen molar-refractivity contribution in [3.63, 3.8) is 0 Å². The molecule has 0 saturated carbocycles. The Morgan fingerprint density at radius 1 is 1.06 bits per heavy atom. The Labute approximate surface area is 193 Å². The summed E-state index contributed by atoms with van der Waals surface area (Å²) in [5.41, 5.74) is 2.15. The number of rotatable bonds is 8. The van der Waals surface area contributed by atoms with Crippen LogP contribution < -0.4 is 0 Å². The Morgan fingerprint density at radius 2 is 1.67 bits per heavy atom. The number of nitrogens with zero attached hydrogens (tertiary/aromatic N) is 2. The molecule has 1 atom stereocenters. The average Bonchev–Trinajstić information content (AvgIpc) is 3.04. The largest absolute Gasteiger partial charge is 0.507 e. The maximum atomic E-state index is 13.6. The molecule has 1 saturated heterocycles. The molecule has 7 heteroatoms. The Hall–Kier alpha value is -3.19. The number of likely N-dealkylation sites (tertiary alicyclic amines) is 1. The highest BCUT2D eigenvalue weighted by Crippen LogP contribution is 2.41. The van der Waals surface area contributed by atoms with Gasteiger partial charge in [-0.15, -0.1) is 0 Å². The molecule has 2 N–H and O–H groups in total. The number of aryl methyl sites for hydroxylation is 2. The number of benzene rings is 2. The molecule has 1 heterocycles. The van der Waals surface area contributed by atoms with E-state index in [0.29, 0.717) is 18.5 Å². The predicted octanol–water partition coefficient (Wildman–Crippen LogP) is 4.30. The molecule has 6 nitrogen and oxygen atoms in total. The zero-order valence-corrected chi connectivity index (χ0v) is 19.6. The first kappa shape index (κ1) is 24.5. The monoisotopic (exact) mass is 454 g/mol. The lowest BCUT2D eigenvalue weighted by Crippen LogP contribution is -2.33. The number of amides is 1. The van der Waals surface area contributed by atoms with Gasteiger partial charge < -0.3 is 20.0 Å². The maximum absolute atomic E-state index is 13.6. The molecule has 1 amide bonds. The summed E-state index contributed by atoms with van der Waals surface area (Å²) in [5.74, 6) is -2.59. The second-order valence-corrected chi connectivity index (χ2v) is 8.38. The number of halogens is 1. The van der Waals surface area contributed by atoms with Crippen LogP contribution in [0.4, 0.5) is 4.39 Å². The summed E-state index contributed by atoms with van der Waals surface area (Å²) >= 11 is 0. The zero-order valence-electron chi connectivity index (χ0n) is 19.6. The Balaban J connectivity index is 2.08. The van der Waals surface area contributed by atoms with Crippen LogP contribution in [0.5, 0.6) is 5.75 Å². The van der Waals surface area contributed by atoms with Crippen LogP contribution in [0.3, 0.4) is 0 Å². The Morgan fingerprint density at radius 3 is 2.27 bits per heavy atom. The van der Waals surface area contributed by atoms with Crippen LogP contribution in [0.1, 0.15) is 48.6 Å². The molecule has 0 spiro atoms. The van der Waals surface area contributed by atoms with E-state index in [2.05, 4.69) is 18.7 Å². The first-order chi connectivity index (χ1) is 15.7. The van der Waals surface area contributed by atoms with Gasteiger partial charge in [-0.2, -0.15) is 0 Å². The molecule has 0 unspecified atom stereocenters. The van der Waals surface area contributed by atoms with Gasteiger partial charge in [0.25, 0.3) is 11.7 Å². The molecule has 2 aromatic rings. The van der Waals surface area contributed by atoms with Crippen molar-refractivity contribution in [3.8, 4) is 5.75 Å². The normalized spacial score (nSPS) is 17.9. The lowest BCUT2D eigenvalue weighted by atomic mass is 9.93. The number of carbonyl (C=O) groups excluding carboxylic acids is 2. The van der Waals surface area contributed by atoms with Crippen molar-refractivity contribution in [1.29, 1.82) is 0 Å². The summed E-state index contributed by atoms with van der Waals surface area (Å²) in [6, 6.07) is 7.78. The van der Waals surface area contributed by atoms with E-state index in [1.54, 1.807) is 6.07 Å². The van der Waals surface area contributed by atoms with E-state index in [0.717, 1.165) is 30.8 Å². The number of aliphatic hydroxyl groups is 1. The number of aromatic hydroxyl groups is 1. The number of ketones is 1. The zero-order chi connectivity index (χ0) is 24.3. The summed E-state index contributed by atoms with van der Waals surface area (Å²) in [6.07, 6.45) is 0.640. The van der Waals surface area contributed by atoms with E-state index >= 15 is 0 Å². The van der Waals surface area contributed by atoms with Gasteiger partial charge in [-0.3, -0.25) is 9.59 Å². The van der Waals surface area contributed by atoms with Crippen LogP contribution in [0.25, 0.3) is 5.76 Å². The highest BCUT2D eigenvalue weighted by atomic mass is 19.1. The van der Waals surface area contributed by atoms with Crippen molar-refractivity contribution < 1.29 is 24.2 Å². The fourth-order valence-corrected chi connectivity index (χ4v) is 4.24. The molecule has 0 bridgehead atoms. The number of phenols is 1. The van der Waals surface area contributed by atoms with Crippen LogP contribution in [0, 0.1) is 19.7 Å². The van der Waals surface area contributed by atoms with E-state index in [4.69, 9.17) is 0 Å². The van der Waals surface area contributed by atoms with Crippen LogP contribution in [-0.4, -0.2) is 57.9 Å². The fraction of sp³-hybridized carbons (Fsp3) is 0.385. The van der Waals surface area contributed by atoms with Gasteiger partial charge in [0, 0.05) is 6.54 Å². The predicted molar refractivity (Wildman–Crippen MR) is 125 cm³/mol. The average molecular weight is 455 g/mol. The van der Waals surface area contributed by atoms with Gasteiger partial charge in [-0.25, -0.2) is 4.39 Å². The number of hydrogen-bond donors (Lipinski definition) is 2. The number of phenolic OH excluding ortho intramolecular Hbond substituents is 1. The molecule has 3 rings (SSSR count). The van der Waals surface area contributed by atoms with E-state index < -0.39 is 29.3 Å². The van der Waals surface area contributed by atoms with Gasteiger partial charge in [-0.1, -0.05) is 26.0 Å². The number of Topliss-reactive ketones (excluding diaryl/α,β-unsaturated/α-hetero) is 1. The van der Waals surface area contributed by atoms with Crippen molar-refractivity contribution in [2.45, 2.75) is 40.2 Å². The minimum Gasteiger partial charge on any atom is -0.507 e. The highest BCUT2D eigenvalue weighted by Gasteiger charge is 2.46. The summed E-state index contributed by atoms with van der Waals surface area (Å²) in [7, 11) is 0. The third kappa shape index (κ3) is 4.93. The van der Waals surface area contributed by atoms with Gasteiger partial charge in [0.05, 0.1) is 17.2 Å². The summed E-state index contributed by atoms with van der Waals surface area (Å²) in [4.78, 5) is 29.7. The maximum Gasteiger partial charge on any atom is 0.295 e. The standard InChI is InChI=1S/C26H31FN2O4/c1-5-28(6-2)12-7-13-29-23(18-8-10-19(27)11-9-18)22(25(32)26(29)33)24(31)20-14-16(3)17(4)15-21(20)30/h8-11,14-15,23,30-31H,5-7,12-13H2,1-4H3/t23-/m1/s1. The third-order valence-corrected chi connectivity index (χ3v) is 6.36. The van der Waals surface area contributed by atoms with Gasteiger partial charge in [0.1, 0.15) is 17.3 Å². The molecule has 176 valence electrons. The Bertz CT molecular complexity index is 1070. The molecule has 0 aromatic heterocycles. The quantitative estimate of drug-likeness (QED) is 0.353. The highest BCUT2D eigenvalue weighted by molar-refractivity contribution is 6.46. The van der Waals surface area contributed by atoms with E-state index in [1.807, 2.05) is 13.8 Å². The second-order valence-electron chi connectivity index (χ2n) is 8.38. The molecule has 0 radical (unpaired) electrons. The molecular weight excluding hydrogens is 423 g/mol. The summed E-state index contributed by atoms with van der Waals surface area (Å²) in [5, 5.41) is 21.6. The molecule has 1 aliphatic rings. The molecular formula is C26H31FN2O4. The van der Waals surface area contributed by atoms with Crippen molar-refractivity contribution in [2.75, 3.05) is 26.2 Å². The van der Waals surface area contributed by atoms with Crippen molar-refractivity contribution in [2.24, 2.45) is 0 Å². The SMILES string of the molecule is CCN(CC)CCCN1C(=O)C(=O)C(=C(O)c2cc(C)c(C)cc2O)[C@H]1c1ccc(F)cc1. The van der Waals surface area contributed by atoms with Gasteiger partial charge in [-0.05, 0) is 80.9 Å².